The molecular weight excluding hydrogens is 450 g/mol. The zero-order chi connectivity index (χ0) is 23.2. The Hall–Kier alpha value is -2.58. The lowest BCUT2D eigenvalue weighted by molar-refractivity contribution is -0.136. The van der Waals surface area contributed by atoms with Gasteiger partial charge in [-0.3, -0.25) is 19.7 Å². The van der Waals surface area contributed by atoms with Crippen molar-refractivity contribution in [3.05, 3.63) is 53.0 Å². The number of nitrogens with zero attached hydrogens (tertiary/aromatic N) is 1. The second kappa shape index (κ2) is 8.89. The Morgan fingerprint density at radius 2 is 1.79 bits per heavy atom. The largest absolute Gasteiger partial charge is 0.464 e. The Morgan fingerprint density at radius 3 is 2.53 bits per heavy atom. The van der Waals surface area contributed by atoms with Gasteiger partial charge in [0.05, 0.1) is 12.3 Å². The minimum absolute atomic E-state index is 0.140. The Bertz CT molecular complexity index is 1120. The van der Waals surface area contributed by atoms with Crippen LogP contribution >= 0.6 is 11.8 Å². The molecular formula is C26H29N3O4S. The molecule has 1 unspecified atom stereocenters. The van der Waals surface area contributed by atoms with Crippen molar-refractivity contribution in [2.24, 2.45) is 11.8 Å². The van der Waals surface area contributed by atoms with Crippen LogP contribution in [-0.2, 0) is 28.4 Å². The molecule has 1 saturated heterocycles. The number of fused-ring (bicyclic) bond motifs is 1. The molecule has 178 valence electrons. The van der Waals surface area contributed by atoms with Crippen LogP contribution in [0.4, 0.5) is 0 Å². The number of thioether (sulfide) groups is 1. The van der Waals surface area contributed by atoms with E-state index in [1.807, 2.05) is 24.3 Å². The quantitative estimate of drug-likeness (QED) is 0.422. The number of hydrogen-bond acceptors (Lipinski definition) is 6. The molecule has 7 nitrogen and oxygen atoms in total. The van der Waals surface area contributed by atoms with E-state index in [0.29, 0.717) is 30.3 Å². The van der Waals surface area contributed by atoms with E-state index in [9.17, 15) is 14.4 Å². The lowest BCUT2D eigenvalue weighted by Crippen LogP contribution is -2.52. The number of carbonyl (C=O) groups excluding carboxylic acids is 3. The second-order valence-electron chi connectivity index (χ2n) is 9.92. The highest BCUT2D eigenvalue weighted by molar-refractivity contribution is 7.98. The highest BCUT2D eigenvalue weighted by atomic mass is 32.2. The molecule has 8 heteroatoms. The van der Waals surface area contributed by atoms with Crippen molar-refractivity contribution in [2.45, 2.75) is 74.3 Å². The number of carbonyl (C=O) groups is 3. The maximum absolute atomic E-state index is 13.0. The van der Waals surface area contributed by atoms with E-state index in [1.54, 1.807) is 16.7 Å². The summed E-state index contributed by atoms with van der Waals surface area (Å²) in [6.07, 6.45) is 6.07. The number of hydrogen-bond donors (Lipinski definition) is 2. The molecule has 3 heterocycles. The van der Waals surface area contributed by atoms with Gasteiger partial charge >= 0.3 is 0 Å². The van der Waals surface area contributed by atoms with Crippen LogP contribution in [0.15, 0.2) is 39.6 Å². The first-order chi connectivity index (χ1) is 16.6. The number of nitrogens with one attached hydrogen (secondary N) is 2. The van der Waals surface area contributed by atoms with Gasteiger partial charge in [-0.25, -0.2) is 0 Å². The SMILES string of the molecule is O=C1CCC(N2Cc3c(SCc4ccc(CNC(C5CC5)C5CC5)o4)cccc3C2=O)C(=O)N1. The van der Waals surface area contributed by atoms with E-state index in [4.69, 9.17) is 4.42 Å². The third kappa shape index (κ3) is 4.41. The van der Waals surface area contributed by atoms with Crippen molar-refractivity contribution in [2.75, 3.05) is 0 Å². The number of benzene rings is 1. The van der Waals surface area contributed by atoms with Gasteiger partial charge in [-0.05, 0) is 73.8 Å². The lowest BCUT2D eigenvalue weighted by atomic mass is 10.0. The van der Waals surface area contributed by atoms with E-state index >= 15 is 0 Å². The van der Waals surface area contributed by atoms with E-state index < -0.39 is 6.04 Å². The molecule has 34 heavy (non-hydrogen) atoms. The van der Waals surface area contributed by atoms with Crippen LogP contribution in [0.2, 0.25) is 0 Å². The van der Waals surface area contributed by atoms with Gasteiger partial charge < -0.3 is 14.6 Å². The number of furan rings is 1. The molecule has 1 atom stereocenters. The summed E-state index contributed by atoms with van der Waals surface area (Å²) in [5.41, 5.74) is 1.59. The van der Waals surface area contributed by atoms with Crippen LogP contribution in [0.25, 0.3) is 0 Å². The number of rotatable bonds is 9. The molecule has 2 aliphatic carbocycles. The molecule has 3 amide bonds. The Morgan fingerprint density at radius 1 is 1.03 bits per heavy atom. The molecule has 0 radical (unpaired) electrons. The zero-order valence-corrected chi connectivity index (χ0v) is 19.9. The van der Waals surface area contributed by atoms with Crippen molar-refractivity contribution < 1.29 is 18.8 Å². The predicted molar refractivity (Wildman–Crippen MR) is 127 cm³/mol. The van der Waals surface area contributed by atoms with E-state index in [2.05, 4.69) is 16.7 Å². The van der Waals surface area contributed by atoms with Crippen LogP contribution in [0.3, 0.4) is 0 Å². The molecule has 2 aliphatic heterocycles. The van der Waals surface area contributed by atoms with Gasteiger partial charge in [0.25, 0.3) is 5.91 Å². The van der Waals surface area contributed by atoms with Crippen LogP contribution < -0.4 is 10.6 Å². The monoisotopic (exact) mass is 479 g/mol. The van der Waals surface area contributed by atoms with Crippen LogP contribution in [0.1, 0.15) is 66.0 Å². The summed E-state index contributed by atoms with van der Waals surface area (Å²) in [7, 11) is 0. The highest BCUT2D eigenvalue weighted by Gasteiger charge is 2.41. The Balaban J connectivity index is 1.08. The van der Waals surface area contributed by atoms with E-state index in [-0.39, 0.29) is 24.1 Å². The van der Waals surface area contributed by atoms with Gasteiger partial charge in [0.1, 0.15) is 17.6 Å². The minimum atomic E-state index is -0.592. The predicted octanol–water partition coefficient (Wildman–Crippen LogP) is 3.61. The Kier molecular flexibility index (Phi) is 5.73. The summed E-state index contributed by atoms with van der Waals surface area (Å²) >= 11 is 1.65. The maximum atomic E-state index is 13.0. The maximum Gasteiger partial charge on any atom is 0.255 e. The minimum Gasteiger partial charge on any atom is -0.464 e. The molecule has 2 aromatic rings. The fourth-order valence-corrected chi connectivity index (χ4v) is 6.26. The van der Waals surface area contributed by atoms with Crippen LogP contribution in [0.5, 0.6) is 0 Å². The van der Waals surface area contributed by atoms with E-state index in [1.165, 1.54) is 25.7 Å². The normalized spacial score (nSPS) is 22.4. The number of imide groups is 1. The van der Waals surface area contributed by atoms with Crippen molar-refractivity contribution in [1.29, 1.82) is 0 Å². The van der Waals surface area contributed by atoms with Crippen LogP contribution in [0, 0.1) is 11.8 Å². The van der Waals surface area contributed by atoms with Gasteiger partial charge in [0.15, 0.2) is 0 Å². The third-order valence-electron chi connectivity index (χ3n) is 7.40. The van der Waals surface area contributed by atoms with Gasteiger partial charge in [0, 0.05) is 29.5 Å². The molecule has 0 spiro atoms. The van der Waals surface area contributed by atoms with Crippen molar-refractivity contribution in [3.8, 4) is 0 Å². The van der Waals surface area contributed by atoms with E-state index in [0.717, 1.165) is 40.4 Å². The average Bonchev–Trinajstić information content (AvgIpc) is 3.76. The number of amides is 3. The zero-order valence-electron chi connectivity index (χ0n) is 19.0. The smallest absolute Gasteiger partial charge is 0.255 e. The first kappa shape index (κ1) is 21.9. The average molecular weight is 480 g/mol. The molecule has 1 aromatic heterocycles. The first-order valence-corrected chi connectivity index (χ1v) is 13.3. The summed E-state index contributed by atoms with van der Waals surface area (Å²) in [6, 6.07) is 9.89. The molecule has 3 fully saturated rings. The van der Waals surface area contributed by atoms with Crippen molar-refractivity contribution in [3.63, 3.8) is 0 Å². The molecule has 2 saturated carbocycles. The molecule has 1 aromatic carbocycles. The molecule has 2 N–H and O–H groups in total. The molecule has 4 aliphatic rings. The highest BCUT2D eigenvalue weighted by Crippen LogP contribution is 2.44. The summed E-state index contributed by atoms with van der Waals surface area (Å²) in [4.78, 5) is 39.4. The van der Waals surface area contributed by atoms with Gasteiger partial charge in [-0.1, -0.05) is 6.07 Å². The summed E-state index contributed by atoms with van der Waals surface area (Å²) in [5, 5.41) is 6.09. The standard InChI is InChI=1S/C26H29N3O4S/c30-23-11-10-21(25(31)28-23)29-13-20-19(26(29)32)2-1-3-22(20)34-14-18-9-8-17(33-18)12-27-24(15-4-5-15)16-6-7-16/h1-3,8-9,15-16,21,24,27H,4-7,10-14H2,(H,28,30,31). The van der Waals surface area contributed by atoms with Crippen molar-refractivity contribution >= 4 is 29.5 Å². The summed E-state index contributed by atoms with van der Waals surface area (Å²) in [6.45, 7) is 1.17. The summed E-state index contributed by atoms with van der Waals surface area (Å²) in [5.74, 6) is 3.50. The summed E-state index contributed by atoms with van der Waals surface area (Å²) < 4.78 is 6.09. The lowest BCUT2D eigenvalue weighted by Gasteiger charge is -2.29. The molecule has 0 bridgehead atoms. The Labute approximate surface area is 203 Å². The topological polar surface area (TPSA) is 91.7 Å². The second-order valence-corrected chi connectivity index (χ2v) is 10.9. The van der Waals surface area contributed by atoms with Gasteiger partial charge in [-0.2, -0.15) is 0 Å². The van der Waals surface area contributed by atoms with Gasteiger partial charge in [-0.15, -0.1) is 11.8 Å². The molecule has 6 rings (SSSR count). The fraction of sp³-hybridized carbons (Fsp3) is 0.500. The third-order valence-corrected chi connectivity index (χ3v) is 8.52. The van der Waals surface area contributed by atoms with Gasteiger partial charge in [0.2, 0.25) is 11.8 Å². The van der Waals surface area contributed by atoms with Crippen LogP contribution in [-0.4, -0.2) is 34.7 Å². The first-order valence-electron chi connectivity index (χ1n) is 12.3. The fourth-order valence-electron chi connectivity index (χ4n) is 5.28. The van der Waals surface area contributed by atoms with Crippen molar-refractivity contribution in [1.82, 2.24) is 15.5 Å². The number of piperidine rings is 1.